The number of phosphoric acid groups is 3. The molecule has 1 aliphatic heterocycles. The van der Waals surface area contributed by atoms with Gasteiger partial charge in [-0.05, 0) is 25.0 Å². The quantitative estimate of drug-likeness (QED) is 0.155. The molecule has 19 nitrogen and oxygen atoms in total. The number of phosphoric ester groups is 1. The van der Waals surface area contributed by atoms with E-state index in [4.69, 9.17) is 14.5 Å². The van der Waals surface area contributed by atoms with Crippen LogP contribution in [0.25, 0.3) is 5.52 Å². The van der Waals surface area contributed by atoms with Crippen LogP contribution in [0.2, 0.25) is 0 Å². The van der Waals surface area contributed by atoms with Gasteiger partial charge in [0.1, 0.15) is 36.2 Å². The van der Waals surface area contributed by atoms with Crippen molar-refractivity contribution in [1.29, 1.82) is 5.26 Å². The number of anilines is 1. The summed E-state index contributed by atoms with van der Waals surface area (Å²) in [5.74, 6) is -0.508. The van der Waals surface area contributed by atoms with Crippen LogP contribution in [0.5, 0.6) is 0 Å². The van der Waals surface area contributed by atoms with Crippen LogP contribution >= 0.6 is 23.5 Å². The smallest absolute Gasteiger partial charge is 0.387 e. The summed E-state index contributed by atoms with van der Waals surface area (Å²) in [4.78, 5) is 52.7. The zero-order valence-corrected chi connectivity index (χ0v) is 23.4. The Kier molecular flexibility index (Phi) is 9.72. The van der Waals surface area contributed by atoms with Gasteiger partial charge in [-0.2, -0.15) is 19.0 Å². The van der Waals surface area contributed by atoms with Gasteiger partial charge in [-0.25, -0.2) is 23.2 Å². The summed E-state index contributed by atoms with van der Waals surface area (Å²) in [6.07, 6.45) is -3.44. The predicted molar refractivity (Wildman–Crippen MR) is 130 cm³/mol. The summed E-state index contributed by atoms with van der Waals surface area (Å²) >= 11 is 0. The number of fused-ring (bicyclic) bond motifs is 1. The number of nitrogens with zero attached hydrogens (tertiary/aromatic N) is 4. The molecule has 7 N–H and O–H groups in total. The average Bonchev–Trinajstić information content (AvgIpc) is 3.37. The van der Waals surface area contributed by atoms with Crippen LogP contribution in [-0.2, 0) is 42.0 Å². The Labute approximate surface area is 225 Å². The van der Waals surface area contributed by atoms with Crippen molar-refractivity contribution in [3.05, 3.63) is 24.2 Å². The second-order valence-electron chi connectivity index (χ2n) is 8.45. The Bertz CT molecular complexity index is 1440. The number of nitriles is 1. The number of carbonyl (C=O) groups is 1. The molecule has 222 valence electrons. The van der Waals surface area contributed by atoms with E-state index in [1.54, 1.807) is 6.07 Å². The van der Waals surface area contributed by atoms with Crippen molar-refractivity contribution in [2.45, 2.75) is 50.6 Å². The molecule has 2 aromatic rings. The van der Waals surface area contributed by atoms with E-state index < -0.39 is 54.0 Å². The van der Waals surface area contributed by atoms with Crippen LogP contribution in [0.3, 0.4) is 0 Å². The first kappa shape index (κ1) is 32.4. The Morgan fingerprint density at radius 3 is 2.40 bits per heavy atom. The highest BCUT2D eigenvalue weighted by Gasteiger charge is 2.58. The van der Waals surface area contributed by atoms with Crippen molar-refractivity contribution in [2.24, 2.45) is 5.92 Å². The molecule has 1 aliphatic rings. The van der Waals surface area contributed by atoms with Crippen molar-refractivity contribution >= 4 is 40.7 Å². The molecule has 6 atom stereocenters. The minimum absolute atomic E-state index is 0.0866. The molecule has 2 aromatic heterocycles. The maximum atomic E-state index is 12.6. The summed E-state index contributed by atoms with van der Waals surface area (Å²) < 4.78 is 52.6. The molecule has 0 aromatic carbocycles. The van der Waals surface area contributed by atoms with Crippen LogP contribution in [0.15, 0.2) is 18.5 Å². The lowest BCUT2D eigenvalue weighted by Crippen LogP contribution is -2.41. The first-order valence-corrected chi connectivity index (χ1v) is 15.9. The second-order valence-corrected chi connectivity index (χ2v) is 12.9. The van der Waals surface area contributed by atoms with E-state index >= 15 is 0 Å². The molecule has 3 heterocycles. The molecule has 22 heteroatoms. The molecule has 0 radical (unpaired) electrons. The van der Waals surface area contributed by atoms with Crippen LogP contribution in [0, 0.1) is 17.2 Å². The van der Waals surface area contributed by atoms with Gasteiger partial charge in [-0.1, -0.05) is 13.8 Å². The molecule has 1 amide bonds. The van der Waals surface area contributed by atoms with Crippen LogP contribution < -0.4 is 5.32 Å². The first-order valence-electron chi connectivity index (χ1n) is 11.4. The van der Waals surface area contributed by atoms with E-state index in [0.29, 0.717) is 12.8 Å². The zero-order chi connectivity index (χ0) is 30.1. The lowest BCUT2D eigenvalue weighted by Gasteiger charge is -2.24. The van der Waals surface area contributed by atoms with Gasteiger partial charge in [0.25, 0.3) is 0 Å². The van der Waals surface area contributed by atoms with Crippen LogP contribution in [0.4, 0.5) is 5.82 Å². The molecule has 1 fully saturated rings. The van der Waals surface area contributed by atoms with Gasteiger partial charge in [0.2, 0.25) is 11.5 Å². The molecular formula is C18H26N5O14P3. The Hall–Kier alpha value is -2.13. The topological polar surface area (TPSA) is 293 Å². The van der Waals surface area contributed by atoms with Crippen molar-refractivity contribution in [1.82, 2.24) is 14.6 Å². The molecule has 0 saturated carbocycles. The molecular weight excluding hydrogens is 603 g/mol. The summed E-state index contributed by atoms with van der Waals surface area (Å²) in [5, 5.41) is 38.0. The van der Waals surface area contributed by atoms with E-state index in [0.717, 1.165) is 10.8 Å². The van der Waals surface area contributed by atoms with Gasteiger partial charge >= 0.3 is 23.5 Å². The van der Waals surface area contributed by atoms with Gasteiger partial charge in [0.15, 0.2) is 5.82 Å². The minimum Gasteiger partial charge on any atom is -0.387 e. The lowest BCUT2D eigenvalue weighted by molar-refractivity contribution is -0.120. The number of aliphatic hydroxyl groups is 2. The third kappa shape index (κ3) is 7.01. The number of nitrogens with one attached hydrogen (secondary N) is 1. The van der Waals surface area contributed by atoms with E-state index in [-0.39, 0.29) is 28.9 Å². The Morgan fingerprint density at radius 2 is 1.82 bits per heavy atom. The number of aliphatic hydroxyl groups excluding tert-OH is 2. The fourth-order valence-corrected chi connectivity index (χ4v) is 7.01. The predicted octanol–water partition coefficient (Wildman–Crippen LogP) is 0.287. The number of aromatic nitrogens is 3. The normalized spacial score (nSPS) is 26.4. The van der Waals surface area contributed by atoms with Crippen molar-refractivity contribution in [3.63, 3.8) is 0 Å². The molecule has 0 aliphatic carbocycles. The number of ether oxygens (including phenoxy) is 1. The number of amides is 1. The highest BCUT2D eigenvalue weighted by atomic mass is 31.3. The second kappa shape index (κ2) is 12.0. The fourth-order valence-electron chi connectivity index (χ4n) is 3.98. The molecule has 3 rings (SSSR count). The van der Waals surface area contributed by atoms with Crippen molar-refractivity contribution in [3.8, 4) is 6.07 Å². The molecule has 0 spiro atoms. The SMILES string of the molecule is CCC(CC)C(=O)Nc1ncnn2c([C@]3(C#N)O[C@H](COP(=O)(O)OP(=O)(O)OP(=O)(O)O)[C@@H](O)[C@H]3O)ccc12. The highest BCUT2D eigenvalue weighted by Crippen LogP contribution is 2.66. The van der Waals surface area contributed by atoms with Gasteiger partial charge < -0.3 is 39.8 Å². The summed E-state index contributed by atoms with van der Waals surface area (Å²) in [6.45, 7) is 2.57. The number of hydrogen-bond donors (Lipinski definition) is 7. The molecule has 40 heavy (non-hydrogen) atoms. The maximum Gasteiger partial charge on any atom is 0.490 e. The van der Waals surface area contributed by atoms with E-state index in [2.05, 4.69) is 28.5 Å². The van der Waals surface area contributed by atoms with Gasteiger partial charge in [-0.15, -0.1) is 0 Å². The number of rotatable bonds is 12. The summed E-state index contributed by atoms with van der Waals surface area (Å²) in [6, 6.07) is 4.45. The standard InChI is InChI=1S/C18H26N5O14P3/c1-3-10(4-2)17(26)22-16-11-5-6-13(23(11)21-9-20-16)18(8-19)15(25)14(24)12(35-18)7-34-39(30,31)37-40(32,33)36-38(27,28)29/h5-6,9-10,12,14-15,24-25H,3-4,7H2,1-2H3,(H,30,31)(H,32,33)(H2,27,28,29)(H,20,21,22,26)/t12-,14-,15-,18+/m1/s1. The van der Waals surface area contributed by atoms with Crippen LogP contribution in [0.1, 0.15) is 32.4 Å². The number of carbonyl (C=O) groups excluding carboxylic acids is 1. The van der Waals surface area contributed by atoms with Crippen molar-refractivity contribution < 1.29 is 66.2 Å². The Morgan fingerprint density at radius 1 is 1.18 bits per heavy atom. The van der Waals surface area contributed by atoms with E-state index in [1.165, 1.54) is 12.1 Å². The Balaban J connectivity index is 1.85. The average molecular weight is 629 g/mol. The van der Waals surface area contributed by atoms with Crippen LogP contribution in [-0.4, -0.2) is 75.2 Å². The summed E-state index contributed by atoms with van der Waals surface area (Å²) in [5.41, 5.74) is -2.27. The van der Waals surface area contributed by atoms with E-state index in [9.17, 15) is 43.8 Å². The minimum atomic E-state index is -5.80. The highest BCUT2D eigenvalue weighted by molar-refractivity contribution is 7.66. The maximum absolute atomic E-state index is 12.6. The molecule has 0 bridgehead atoms. The molecule has 1 saturated heterocycles. The van der Waals surface area contributed by atoms with Gasteiger partial charge in [0.05, 0.1) is 12.3 Å². The lowest BCUT2D eigenvalue weighted by atomic mass is 9.92. The number of hydrogen-bond acceptors (Lipinski definition) is 13. The fraction of sp³-hybridized carbons (Fsp3) is 0.556. The monoisotopic (exact) mass is 629 g/mol. The van der Waals surface area contributed by atoms with Gasteiger partial charge in [-0.3, -0.25) is 9.32 Å². The third-order valence-corrected chi connectivity index (χ3v) is 9.68. The zero-order valence-electron chi connectivity index (χ0n) is 20.7. The first-order chi connectivity index (χ1) is 18.5. The molecule has 2 unspecified atom stereocenters. The van der Waals surface area contributed by atoms with E-state index in [1.807, 2.05) is 13.8 Å². The van der Waals surface area contributed by atoms with Gasteiger partial charge in [0, 0.05) is 5.92 Å². The largest absolute Gasteiger partial charge is 0.490 e. The van der Waals surface area contributed by atoms with Crippen molar-refractivity contribution in [2.75, 3.05) is 11.9 Å². The summed E-state index contributed by atoms with van der Waals surface area (Å²) in [7, 11) is -17.0. The third-order valence-electron chi connectivity index (χ3n) is 5.87.